The normalized spacial score (nSPS) is 14.7. The molecule has 0 saturated heterocycles. The monoisotopic (exact) mass is 410 g/mol. The molecule has 0 saturated carbocycles. The van der Waals surface area contributed by atoms with Gasteiger partial charge < -0.3 is 4.57 Å². The van der Waals surface area contributed by atoms with Crippen LogP contribution in [0.2, 0.25) is 0 Å². The van der Waals surface area contributed by atoms with Gasteiger partial charge in [0.1, 0.15) is 5.82 Å². The molecule has 0 unspecified atom stereocenters. The fraction of sp³-hybridized carbons (Fsp3) is 0.208. The van der Waals surface area contributed by atoms with E-state index in [4.69, 9.17) is 0 Å². The molecule has 0 spiro atoms. The molecule has 1 aliphatic rings. The number of imidazole rings is 1. The molecule has 4 heterocycles. The maximum atomic E-state index is 13.3. The van der Waals surface area contributed by atoms with E-state index in [0.717, 1.165) is 33.8 Å². The van der Waals surface area contributed by atoms with Gasteiger partial charge in [-0.1, -0.05) is 12.1 Å². The van der Waals surface area contributed by atoms with Crippen molar-refractivity contribution >= 4 is 17.3 Å². The van der Waals surface area contributed by atoms with Gasteiger partial charge in [-0.05, 0) is 51.0 Å². The molecule has 1 amide bonds. The summed E-state index contributed by atoms with van der Waals surface area (Å²) in [4.78, 5) is 32.3. The fourth-order valence-corrected chi connectivity index (χ4v) is 4.03. The van der Waals surface area contributed by atoms with Crippen LogP contribution in [0, 0.1) is 13.8 Å². The van der Waals surface area contributed by atoms with Gasteiger partial charge in [0, 0.05) is 24.2 Å². The van der Waals surface area contributed by atoms with Crippen LogP contribution in [0.5, 0.6) is 0 Å². The molecule has 1 aliphatic heterocycles. The number of nitrogens with zero attached hydrogens (tertiary/aromatic N) is 6. The second kappa shape index (κ2) is 6.84. The van der Waals surface area contributed by atoms with E-state index in [-0.39, 0.29) is 5.91 Å². The van der Waals surface area contributed by atoms with Crippen LogP contribution >= 0.6 is 0 Å². The van der Waals surface area contributed by atoms with Crippen molar-refractivity contribution in [3.05, 3.63) is 78.5 Å². The van der Waals surface area contributed by atoms with Crippen LogP contribution in [0.3, 0.4) is 0 Å². The van der Waals surface area contributed by atoms with Crippen molar-refractivity contribution in [2.24, 2.45) is 0 Å². The molecule has 31 heavy (non-hydrogen) atoms. The molecule has 3 aromatic heterocycles. The molecule has 7 heteroatoms. The summed E-state index contributed by atoms with van der Waals surface area (Å²) in [5.41, 5.74) is 5.72. The van der Waals surface area contributed by atoms with Gasteiger partial charge in [0.15, 0.2) is 0 Å². The first-order chi connectivity index (χ1) is 14.9. The van der Waals surface area contributed by atoms with Crippen molar-refractivity contribution in [3.63, 3.8) is 0 Å². The second-order valence-corrected chi connectivity index (χ2v) is 8.31. The summed E-state index contributed by atoms with van der Waals surface area (Å²) in [5, 5.41) is 0. The van der Waals surface area contributed by atoms with Gasteiger partial charge >= 0.3 is 0 Å². The number of rotatable bonds is 3. The molecular formula is C24H22N6O. The van der Waals surface area contributed by atoms with Gasteiger partial charge in [0.05, 0.1) is 46.9 Å². The average molecular weight is 410 g/mol. The zero-order valence-corrected chi connectivity index (χ0v) is 17.9. The van der Waals surface area contributed by atoms with E-state index in [0.29, 0.717) is 11.5 Å². The molecule has 154 valence electrons. The predicted molar refractivity (Wildman–Crippen MR) is 118 cm³/mol. The number of carbonyl (C=O) groups is 1. The van der Waals surface area contributed by atoms with Crippen molar-refractivity contribution in [1.29, 1.82) is 0 Å². The lowest BCUT2D eigenvalue weighted by atomic mass is 9.86. The lowest BCUT2D eigenvalue weighted by molar-refractivity contribution is -0.121. The van der Waals surface area contributed by atoms with Crippen molar-refractivity contribution in [2.75, 3.05) is 4.90 Å². The smallest absolute Gasteiger partial charge is 0.241 e. The Morgan fingerprint density at radius 3 is 2.45 bits per heavy atom. The Balaban J connectivity index is 1.60. The average Bonchev–Trinajstić information content (AvgIpc) is 3.32. The summed E-state index contributed by atoms with van der Waals surface area (Å²) in [7, 11) is 0. The summed E-state index contributed by atoms with van der Waals surface area (Å²) < 4.78 is 1.99. The maximum absolute atomic E-state index is 13.3. The summed E-state index contributed by atoms with van der Waals surface area (Å²) in [6.45, 7) is 7.74. The van der Waals surface area contributed by atoms with E-state index >= 15 is 0 Å². The third-order valence-electron chi connectivity index (χ3n) is 5.82. The minimum absolute atomic E-state index is 0.00467. The molecule has 1 aromatic carbocycles. The highest BCUT2D eigenvalue weighted by Gasteiger charge is 2.44. The molecule has 4 aromatic rings. The number of hydrogen-bond donors (Lipinski definition) is 0. The highest BCUT2D eigenvalue weighted by molar-refractivity contribution is 6.12. The van der Waals surface area contributed by atoms with Gasteiger partial charge in [-0.2, -0.15) is 0 Å². The third kappa shape index (κ3) is 3.01. The number of carbonyl (C=O) groups excluding carboxylic acids is 1. The number of hydrogen-bond acceptors (Lipinski definition) is 5. The number of amides is 1. The maximum Gasteiger partial charge on any atom is 0.241 e. The molecule has 0 bridgehead atoms. The SMILES string of the molecule is Cc1ncc(N2C(=O)C(C)(C)c3ccc(-c4cn(-c5ccncc5C)cn4)cc32)cn1. The van der Waals surface area contributed by atoms with Crippen molar-refractivity contribution < 1.29 is 4.79 Å². The quantitative estimate of drug-likeness (QED) is 0.503. The van der Waals surface area contributed by atoms with Gasteiger partial charge in [-0.15, -0.1) is 0 Å². The first-order valence-electron chi connectivity index (χ1n) is 10.1. The lowest BCUT2D eigenvalue weighted by Crippen LogP contribution is -2.33. The Hall–Kier alpha value is -3.87. The first kappa shape index (κ1) is 19.1. The van der Waals surface area contributed by atoms with Gasteiger partial charge in [-0.25, -0.2) is 15.0 Å². The third-order valence-corrected chi connectivity index (χ3v) is 5.82. The second-order valence-electron chi connectivity index (χ2n) is 8.31. The molecule has 5 rings (SSSR count). The summed E-state index contributed by atoms with van der Waals surface area (Å²) in [6, 6.07) is 8.03. The van der Waals surface area contributed by atoms with Gasteiger partial charge in [0.25, 0.3) is 0 Å². The molecule has 7 nitrogen and oxygen atoms in total. The van der Waals surface area contributed by atoms with Crippen LogP contribution in [0.25, 0.3) is 16.9 Å². The molecular weight excluding hydrogens is 388 g/mol. The highest BCUT2D eigenvalue weighted by atomic mass is 16.2. The molecule has 0 atom stereocenters. The number of aryl methyl sites for hydroxylation is 2. The van der Waals surface area contributed by atoms with Crippen molar-refractivity contribution in [3.8, 4) is 16.9 Å². The Morgan fingerprint density at radius 1 is 0.935 bits per heavy atom. The van der Waals surface area contributed by atoms with E-state index in [1.165, 1.54) is 0 Å². The van der Waals surface area contributed by atoms with Crippen LogP contribution in [-0.2, 0) is 10.2 Å². The van der Waals surface area contributed by atoms with Crippen LogP contribution in [0.15, 0.2) is 61.6 Å². The Bertz CT molecular complexity index is 1310. The summed E-state index contributed by atoms with van der Waals surface area (Å²) in [5.74, 6) is 0.672. The number of anilines is 2. The molecule has 0 N–H and O–H groups in total. The summed E-state index contributed by atoms with van der Waals surface area (Å²) >= 11 is 0. The Kier molecular flexibility index (Phi) is 4.22. The van der Waals surface area contributed by atoms with Crippen LogP contribution in [0.1, 0.15) is 30.8 Å². The topological polar surface area (TPSA) is 76.8 Å². The van der Waals surface area contributed by atoms with Crippen molar-refractivity contribution in [1.82, 2.24) is 24.5 Å². The van der Waals surface area contributed by atoms with Crippen LogP contribution < -0.4 is 4.90 Å². The standard InChI is InChI=1S/C24H22N6O/c1-15-10-25-8-7-21(15)29-13-20(28-14-29)17-5-6-19-22(9-17)30(23(31)24(19,3)4)18-11-26-16(2)27-12-18/h5-14H,1-4H3. The van der Waals surface area contributed by atoms with Crippen LogP contribution in [0.4, 0.5) is 11.4 Å². The van der Waals surface area contributed by atoms with Gasteiger partial charge in [0.2, 0.25) is 5.91 Å². The zero-order chi connectivity index (χ0) is 21.8. The summed E-state index contributed by atoms with van der Waals surface area (Å²) in [6.07, 6.45) is 10.8. The molecule has 0 aliphatic carbocycles. The minimum atomic E-state index is -0.633. The van der Waals surface area contributed by atoms with E-state index in [1.54, 1.807) is 29.8 Å². The van der Waals surface area contributed by atoms with Crippen LogP contribution in [-0.4, -0.2) is 30.4 Å². The van der Waals surface area contributed by atoms with Crippen molar-refractivity contribution in [2.45, 2.75) is 33.1 Å². The first-order valence-corrected chi connectivity index (χ1v) is 10.1. The lowest BCUT2D eigenvalue weighted by Gasteiger charge is -2.20. The minimum Gasteiger partial charge on any atom is -0.305 e. The number of benzene rings is 1. The van der Waals surface area contributed by atoms with E-state index < -0.39 is 5.41 Å². The zero-order valence-electron chi connectivity index (χ0n) is 17.9. The molecule has 0 radical (unpaired) electrons. The Labute approximate surface area is 180 Å². The fourth-order valence-electron chi connectivity index (χ4n) is 4.03. The highest BCUT2D eigenvalue weighted by Crippen LogP contribution is 2.46. The van der Waals surface area contributed by atoms with E-state index in [9.17, 15) is 4.79 Å². The largest absolute Gasteiger partial charge is 0.305 e. The van der Waals surface area contributed by atoms with E-state index in [2.05, 4.69) is 19.9 Å². The predicted octanol–water partition coefficient (Wildman–Crippen LogP) is 4.30. The molecule has 0 fully saturated rings. The Morgan fingerprint density at radius 2 is 1.71 bits per heavy atom. The number of fused-ring (bicyclic) bond motifs is 1. The van der Waals surface area contributed by atoms with Gasteiger partial charge in [-0.3, -0.25) is 14.7 Å². The van der Waals surface area contributed by atoms with E-state index in [1.807, 2.05) is 68.9 Å². The number of pyridine rings is 1. The number of aromatic nitrogens is 5.